The van der Waals surface area contributed by atoms with Crippen molar-refractivity contribution in [3.63, 3.8) is 0 Å². The third kappa shape index (κ3) is 3.89. The number of carbonyl (C=O) groups is 1. The summed E-state index contributed by atoms with van der Waals surface area (Å²) < 4.78 is 0. The van der Waals surface area contributed by atoms with Crippen LogP contribution in [0.15, 0.2) is 66.7 Å². The fraction of sp³-hybridized carbons (Fsp3) is 0.0800. The molecular formula is C25H18ClNO2. The highest BCUT2D eigenvalue weighted by molar-refractivity contribution is 6.31. The van der Waals surface area contributed by atoms with Crippen LogP contribution in [0.4, 0.5) is 0 Å². The average Bonchev–Trinajstić information content (AvgIpc) is 3.03. The first-order valence-corrected chi connectivity index (χ1v) is 9.59. The standard InChI is InChI=1S/C25H18ClNO2/c1-16-21(22-15-20(25(28)29)12-13-24(22)27-16)14-19-8-3-2-6-17(19)10-11-18-7-4-5-9-23(18)26/h2-9,12-13,15,27H,14H2,1H3,(H,28,29). The van der Waals surface area contributed by atoms with Crippen molar-refractivity contribution in [3.8, 4) is 11.8 Å². The summed E-state index contributed by atoms with van der Waals surface area (Å²) in [4.78, 5) is 14.7. The topological polar surface area (TPSA) is 53.1 Å². The van der Waals surface area contributed by atoms with E-state index >= 15 is 0 Å². The molecule has 3 nitrogen and oxygen atoms in total. The van der Waals surface area contributed by atoms with Crippen molar-refractivity contribution in [2.75, 3.05) is 0 Å². The van der Waals surface area contributed by atoms with E-state index < -0.39 is 5.97 Å². The minimum Gasteiger partial charge on any atom is -0.478 e. The van der Waals surface area contributed by atoms with Crippen LogP contribution in [-0.2, 0) is 6.42 Å². The number of nitrogens with one attached hydrogen (secondary N) is 1. The number of aromatic amines is 1. The van der Waals surface area contributed by atoms with Crippen molar-refractivity contribution in [2.45, 2.75) is 13.3 Å². The van der Waals surface area contributed by atoms with Crippen LogP contribution in [0.3, 0.4) is 0 Å². The summed E-state index contributed by atoms with van der Waals surface area (Å²) in [7, 11) is 0. The maximum Gasteiger partial charge on any atom is 0.335 e. The molecule has 3 aromatic carbocycles. The van der Waals surface area contributed by atoms with Crippen LogP contribution in [0.25, 0.3) is 10.9 Å². The molecule has 1 heterocycles. The number of aryl methyl sites for hydroxylation is 1. The van der Waals surface area contributed by atoms with Crippen molar-refractivity contribution in [2.24, 2.45) is 0 Å². The molecule has 4 rings (SSSR count). The van der Waals surface area contributed by atoms with E-state index in [-0.39, 0.29) is 5.56 Å². The smallest absolute Gasteiger partial charge is 0.335 e. The molecule has 0 atom stereocenters. The Bertz CT molecular complexity index is 1290. The van der Waals surface area contributed by atoms with Crippen molar-refractivity contribution in [1.82, 2.24) is 4.98 Å². The number of carboxylic acids is 1. The molecule has 0 amide bonds. The molecule has 142 valence electrons. The summed E-state index contributed by atoms with van der Waals surface area (Å²) in [5, 5.41) is 10.9. The Morgan fingerprint density at radius 3 is 2.45 bits per heavy atom. The van der Waals surface area contributed by atoms with Gasteiger partial charge in [-0.15, -0.1) is 0 Å². The average molecular weight is 400 g/mol. The van der Waals surface area contributed by atoms with Crippen LogP contribution in [-0.4, -0.2) is 16.1 Å². The lowest BCUT2D eigenvalue weighted by Crippen LogP contribution is -1.96. The van der Waals surface area contributed by atoms with Gasteiger partial charge in [-0.1, -0.05) is 53.8 Å². The summed E-state index contributed by atoms with van der Waals surface area (Å²) in [5.74, 6) is 5.47. The number of H-pyrrole nitrogens is 1. The lowest BCUT2D eigenvalue weighted by molar-refractivity contribution is 0.0697. The Balaban J connectivity index is 1.75. The van der Waals surface area contributed by atoms with Gasteiger partial charge in [-0.3, -0.25) is 0 Å². The summed E-state index contributed by atoms with van der Waals surface area (Å²) in [6.07, 6.45) is 0.655. The van der Waals surface area contributed by atoms with E-state index in [1.165, 1.54) is 0 Å². The molecule has 0 aliphatic heterocycles. The second-order valence-electron chi connectivity index (χ2n) is 6.86. The zero-order valence-electron chi connectivity index (χ0n) is 15.8. The SMILES string of the molecule is Cc1[nH]c2ccc(C(=O)O)cc2c1Cc1ccccc1C#Cc1ccccc1Cl. The summed E-state index contributed by atoms with van der Waals surface area (Å²) in [5.41, 5.74) is 6.11. The summed E-state index contributed by atoms with van der Waals surface area (Å²) >= 11 is 6.22. The number of benzene rings is 3. The highest BCUT2D eigenvalue weighted by Gasteiger charge is 2.13. The number of carboxylic acid groups (broad SMARTS) is 1. The number of aromatic carboxylic acids is 1. The number of halogens is 1. The Labute approximate surface area is 174 Å². The minimum absolute atomic E-state index is 0.282. The van der Waals surface area contributed by atoms with Gasteiger partial charge in [-0.25, -0.2) is 4.79 Å². The minimum atomic E-state index is -0.928. The first-order valence-electron chi connectivity index (χ1n) is 9.22. The maximum atomic E-state index is 11.4. The number of aromatic nitrogens is 1. The number of hydrogen-bond donors (Lipinski definition) is 2. The normalized spacial score (nSPS) is 10.6. The quantitative estimate of drug-likeness (QED) is 0.426. The monoisotopic (exact) mass is 399 g/mol. The maximum absolute atomic E-state index is 11.4. The van der Waals surface area contributed by atoms with Crippen LogP contribution in [0.1, 0.15) is 38.3 Å². The number of hydrogen-bond acceptors (Lipinski definition) is 1. The predicted molar refractivity (Wildman–Crippen MR) is 117 cm³/mol. The molecule has 0 radical (unpaired) electrons. The third-order valence-electron chi connectivity index (χ3n) is 4.96. The van der Waals surface area contributed by atoms with Gasteiger partial charge in [0.25, 0.3) is 0 Å². The van der Waals surface area contributed by atoms with E-state index in [1.54, 1.807) is 12.1 Å². The molecule has 0 aliphatic rings. The Kier molecular flexibility index (Phi) is 5.12. The van der Waals surface area contributed by atoms with Gasteiger partial charge in [0, 0.05) is 34.1 Å². The molecule has 0 fully saturated rings. The molecule has 0 bridgehead atoms. The highest BCUT2D eigenvalue weighted by atomic mass is 35.5. The zero-order chi connectivity index (χ0) is 20.4. The molecule has 29 heavy (non-hydrogen) atoms. The van der Waals surface area contributed by atoms with Crippen molar-refractivity contribution in [3.05, 3.63) is 105 Å². The first kappa shape index (κ1) is 18.9. The van der Waals surface area contributed by atoms with Crippen molar-refractivity contribution >= 4 is 28.5 Å². The fourth-order valence-electron chi connectivity index (χ4n) is 3.43. The number of fused-ring (bicyclic) bond motifs is 1. The second-order valence-corrected chi connectivity index (χ2v) is 7.27. The molecule has 2 N–H and O–H groups in total. The van der Waals surface area contributed by atoms with Crippen LogP contribution < -0.4 is 0 Å². The molecule has 0 saturated heterocycles. The van der Waals surface area contributed by atoms with Crippen molar-refractivity contribution < 1.29 is 9.90 Å². The van der Waals surface area contributed by atoms with Gasteiger partial charge in [0.15, 0.2) is 0 Å². The molecule has 4 heteroatoms. The van der Waals surface area contributed by atoms with E-state index in [4.69, 9.17) is 11.6 Å². The summed E-state index contributed by atoms with van der Waals surface area (Å²) in [6.45, 7) is 2.01. The van der Waals surface area contributed by atoms with Gasteiger partial charge >= 0.3 is 5.97 Å². The van der Waals surface area contributed by atoms with Gasteiger partial charge in [0.05, 0.1) is 10.6 Å². The van der Waals surface area contributed by atoms with Gasteiger partial charge in [0.2, 0.25) is 0 Å². The largest absolute Gasteiger partial charge is 0.478 e. The van der Waals surface area contributed by atoms with E-state index in [2.05, 4.69) is 22.9 Å². The lowest BCUT2D eigenvalue weighted by Gasteiger charge is -2.06. The van der Waals surface area contributed by atoms with Crippen LogP contribution in [0, 0.1) is 18.8 Å². The van der Waals surface area contributed by atoms with Crippen LogP contribution >= 0.6 is 11.6 Å². The van der Waals surface area contributed by atoms with Crippen LogP contribution in [0.5, 0.6) is 0 Å². The molecule has 1 aromatic heterocycles. The van der Waals surface area contributed by atoms with E-state index in [0.29, 0.717) is 11.4 Å². The van der Waals surface area contributed by atoms with Gasteiger partial charge in [-0.05, 0) is 54.4 Å². The number of rotatable bonds is 3. The molecule has 0 aliphatic carbocycles. The Hall–Kier alpha value is -3.48. The van der Waals surface area contributed by atoms with E-state index in [0.717, 1.165) is 38.9 Å². The molecule has 0 unspecified atom stereocenters. The van der Waals surface area contributed by atoms with E-state index in [9.17, 15) is 9.90 Å². The third-order valence-corrected chi connectivity index (χ3v) is 5.29. The molecular weight excluding hydrogens is 382 g/mol. The first-order chi connectivity index (χ1) is 14.0. The predicted octanol–water partition coefficient (Wildman–Crippen LogP) is 5.82. The Morgan fingerprint density at radius 2 is 1.69 bits per heavy atom. The van der Waals surface area contributed by atoms with Gasteiger partial charge in [0.1, 0.15) is 0 Å². The van der Waals surface area contributed by atoms with Gasteiger partial charge < -0.3 is 10.1 Å². The molecule has 0 saturated carbocycles. The second kappa shape index (κ2) is 7.87. The highest BCUT2D eigenvalue weighted by Crippen LogP contribution is 2.27. The molecule has 4 aromatic rings. The Morgan fingerprint density at radius 1 is 1.00 bits per heavy atom. The fourth-order valence-corrected chi connectivity index (χ4v) is 3.61. The van der Waals surface area contributed by atoms with Crippen molar-refractivity contribution in [1.29, 1.82) is 0 Å². The van der Waals surface area contributed by atoms with Gasteiger partial charge in [-0.2, -0.15) is 0 Å². The van der Waals surface area contributed by atoms with E-state index in [1.807, 2.05) is 55.5 Å². The molecule has 0 spiro atoms. The van der Waals surface area contributed by atoms with Crippen LogP contribution in [0.2, 0.25) is 5.02 Å². The zero-order valence-corrected chi connectivity index (χ0v) is 16.5. The summed E-state index contributed by atoms with van der Waals surface area (Å²) in [6, 6.07) is 20.7. The lowest BCUT2D eigenvalue weighted by atomic mass is 9.97.